The lowest BCUT2D eigenvalue weighted by Gasteiger charge is -2.21. The Labute approximate surface area is 103 Å². The number of hydrogen-bond acceptors (Lipinski definition) is 3. The van der Waals surface area contributed by atoms with Gasteiger partial charge in [-0.1, -0.05) is 17.7 Å². The summed E-state index contributed by atoms with van der Waals surface area (Å²) in [6.45, 7) is 5.97. The molecule has 3 heteroatoms. The molecule has 1 aromatic carbocycles. The molecule has 94 valence electrons. The van der Waals surface area contributed by atoms with Gasteiger partial charge >= 0.3 is 0 Å². The molecule has 1 fully saturated rings. The Morgan fingerprint density at radius 3 is 2.94 bits per heavy atom. The molecular weight excluding hydrogens is 214 g/mol. The second-order valence-corrected chi connectivity index (χ2v) is 4.69. The molecule has 17 heavy (non-hydrogen) atoms. The van der Waals surface area contributed by atoms with Crippen LogP contribution in [0.1, 0.15) is 30.5 Å². The van der Waals surface area contributed by atoms with E-state index in [1.807, 2.05) is 6.07 Å². The molecule has 0 amide bonds. The molecule has 1 aromatic rings. The minimum Gasteiger partial charge on any atom is -0.496 e. The van der Waals surface area contributed by atoms with Crippen molar-refractivity contribution in [3.8, 4) is 5.75 Å². The van der Waals surface area contributed by atoms with Crippen molar-refractivity contribution in [3.63, 3.8) is 0 Å². The first-order chi connectivity index (χ1) is 8.20. The van der Waals surface area contributed by atoms with Crippen LogP contribution in [-0.4, -0.2) is 26.4 Å². The van der Waals surface area contributed by atoms with E-state index >= 15 is 0 Å². The van der Waals surface area contributed by atoms with E-state index in [1.54, 1.807) is 7.11 Å². The maximum atomic E-state index is 5.41. The van der Waals surface area contributed by atoms with Crippen LogP contribution in [-0.2, 0) is 4.74 Å². The Balaban J connectivity index is 2.11. The van der Waals surface area contributed by atoms with E-state index < -0.39 is 0 Å². The monoisotopic (exact) mass is 235 g/mol. The molecule has 0 bridgehead atoms. The summed E-state index contributed by atoms with van der Waals surface area (Å²) < 4.78 is 10.8. The van der Waals surface area contributed by atoms with Crippen LogP contribution in [0, 0.1) is 6.92 Å². The van der Waals surface area contributed by atoms with Gasteiger partial charge in [0, 0.05) is 24.3 Å². The predicted octanol–water partition coefficient (Wildman–Crippen LogP) is 2.44. The summed E-state index contributed by atoms with van der Waals surface area (Å²) in [5.74, 6) is 0.953. The van der Waals surface area contributed by atoms with Gasteiger partial charge in [0.15, 0.2) is 0 Å². The van der Waals surface area contributed by atoms with Gasteiger partial charge in [-0.05, 0) is 26.3 Å². The molecular formula is C14H21NO2. The molecule has 1 aliphatic rings. The van der Waals surface area contributed by atoms with Gasteiger partial charge in [0.25, 0.3) is 0 Å². The highest BCUT2D eigenvalue weighted by atomic mass is 16.5. The number of nitrogens with one attached hydrogen (secondary N) is 1. The Morgan fingerprint density at radius 2 is 2.29 bits per heavy atom. The van der Waals surface area contributed by atoms with Crippen molar-refractivity contribution >= 4 is 0 Å². The first-order valence-corrected chi connectivity index (χ1v) is 6.19. The minimum atomic E-state index is 0.288. The molecule has 2 unspecified atom stereocenters. The van der Waals surface area contributed by atoms with Gasteiger partial charge in [-0.25, -0.2) is 0 Å². The summed E-state index contributed by atoms with van der Waals surface area (Å²) in [6.07, 6.45) is 1.10. The molecule has 1 N–H and O–H groups in total. The number of benzene rings is 1. The lowest BCUT2D eigenvalue weighted by Crippen LogP contribution is -2.31. The van der Waals surface area contributed by atoms with Crippen molar-refractivity contribution < 1.29 is 9.47 Å². The fourth-order valence-electron chi connectivity index (χ4n) is 2.30. The van der Waals surface area contributed by atoms with Crippen molar-refractivity contribution in [3.05, 3.63) is 29.3 Å². The van der Waals surface area contributed by atoms with E-state index in [2.05, 4.69) is 31.3 Å². The summed E-state index contributed by atoms with van der Waals surface area (Å²) in [5, 5.41) is 3.59. The number of ether oxygens (including phenoxy) is 2. The first kappa shape index (κ1) is 12.4. The van der Waals surface area contributed by atoms with E-state index in [9.17, 15) is 0 Å². The van der Waals surface area contributed by atoms with Crippen molar-refractivity contribution in [2.75, 3.05) is 20.3 Å². The van der Waals surface area contributed by atoms with Gasteiger partial charge in [-0.3, -0.25) is 0 Å². The highest BCUT2D eigenvalue weighted by Gasteiger charge is 2.19. The quantitative estimate of drug-likeness (QED) is 0.869. The molecule has 2 rings (SSSR count). The van der Waals surface area contributed by atoms with Crippen molar-refractivity contribution in [1.82, 2.24) is 5.32 Å². The third-order valence-electron chi connectivity index (χ3n) is 3.27. The molecule has 0 saturated carbocycles. The highest BCUT2D eigenvalue weighted by molar-refractivity contribution is 5.38. The third-order valence-corrected chi connectivity index (χ3v) is 3.27. The summed E-state index contributed by atoms with van der Waals surface area (Å²) in [5.41, 5.74) is 2.48. The van der Waals surface area contributed by atoms with Gasteiger partial charge in [0.1, 0.15) is 5.75 Å². The molecule has 1 saturated heterocycles. The van der Waals surface area contributed by atoms with Gasteiger partial charge in [-0.15, -0.1) is 0 Å². The SMILES string of the molecule is COc1ccc(C)cc1C(C)NC1CCOC1. The maximum absolute atomic E-state index is 5.41. The van der Waals surface area contributed by atoms with E-state index in [1.165, 1.54) is 11.1 Å². The number of aryl methyl sites for hydroxylation is 1. The number of rotatable bonds is 4. The van der Waals surface area contributed by atoms with Crippen LogP contribution in [0.15, 0.2) is 18.2 Å². The second-order valence-electron chi connectivity index (χ2n) is 4.69. The number of methoxy groups -OCH3 is 1. The Kier molecular flexibility index (Phi) is 4.02. The van der Waals surface area contributed by atoms with Crippen LogP contribution in [0.5, 0.6) is 5.75 Å². The van der Waals surface area contributed by atoms with Crippen molar-refractivity contribution in [1.29, 1.82) is 0 Å². The summed E-state index contributed by atoms with van der Waals surface area (Å²) in [7, 11) is 1.72. The highest BCUT2D eigenvalue weighted by Crippen LogP contribution is 2.26. The molecule has 1 heterocycles. The van der Waals surface area contributed by atoms with Crippen molar-refractivity contribution in [2.45, 2.75) is 32.4 Å². The summed E-state index contributed by atoms with van der Waals surface area (Å²) >= 11 is 0. The number of hydrogen-bond donors (Lipinski definition) is 1. The zero-order chi connectivity index (χ0) is 12.3. The van der Waals surface area contributed by atoms with Crippen LogP contribution in [0.3, 0.4) is 0 Å². The first-order valence-electron chi connectivity index (χ1n) is 6.19. The Bertz CT molecular complexity index is 372. The summed E-state index contributed by atoms with van der Waals surface area (Å²) in [4.78, 5) is 0. The zero-order valence-electron chi connectivity index (χ0n) is 10.8. The standard InChI is InChI=1S/C14H21NO2/c1-10-4-5-14(16-3)13(8-10)11(2)15-12-6-7-17-9-12/h4-5,8,11-12,15H,6-7,9H2,1-3H3. The molecule has 0 spiro atoms. The largest absolute Gasteiger partial charge is 0.496 e. The van der Waals surface area contributed by atoms with Gasteiger partial charge < -0.3 is 14.8 Å². The normalized spacial score (nSPS) is 21.5. The fourth-order valence-corrected chi connectivity index (χ4v) is 2.30. The topological polar surface area (TPSA) is 30.5 Å². The lowest BCUT2D eigenvalue weighted by molar-refractivity contribution is 0.188. The van der Waals surface area contributed by atoms with Gasteiger partial charge in [0.2, 0.25) is 0 Å². The van der Waals surface area contributed by atoms with Gasteiger partial charge in [-0.2, -0.15) is 0 Å². The van der Waals surface area contributed by atoms with Crippen molar-refractivity contribution in [2.24, 2.45) is 0 Å². The minimum absolute atomic E-state index is 0.288. The Hall–Kier alpha value is -1.06. The molecule has 1 aliphatic heterocycles. The van der Waals surface area contributed by atoms with E-state index in [4.69, 9.17) is 9.47 Å². The van der Waals surface area contributed by atoms with Crippen LogP contribution in [0.2, 0.25) is 0 Å². The average molecular weight is 235 g/mol. The molecule has 2 atom stereocenters. The summed E-state index contributed by atoms with van der Waals surface area (Å²) in [6, 6.07) is 7.06. The van der Waals surface area contributed by atoms with Crippen LogP contribution >= 0.6 is 0 Å². The Morgan fingerprint density at radius 1 is 1.47 bits per heavy atom. The smallest absolute Gasteiger partial charge is 0.123 e. The average Bonchev–Trinajstić information content (AvgIpc) is 2.81. The van der Waals surface area contributed by atoms with Crippen LogP contribution in [0.25, 0.3) is 0 Å². The van der Waals surface area contributed by atoms with Gasteiger partial charge in [0.05, 0.1) is 13.7 Å². The van der Waals surface area contributed by atoms with Crippen LogP contribution in [0.4, 0.5) is 0 Å². The second kappa shape index (κ2) is 5.52. The van der Waals surface area contributed by atoms with E-state index in [0.717, 1.165) is 25.4 Å². The molecule has 0 aliphatic carbocycles. The lowest BCUT2D eigenvalue weighted by atomic mass is 10.0. The molecule has 0 radical (unpaired) electrons. The predicted molar refractivity (Wildman–Crippen MR) is 68.5 cm³/mol. The zero-order valence-corrected chi connectivity index (χ0v) is 10.8. The molecule has 0 aromatic heterocycles. The third kappa shape index (κ3) is 2.99. The fraction of sp³-hybridized carbons (Fsp3) is 0.571. The van der Waals surface area contributed by atoms with Crippen LogP contribution < -0.4 is 10.1 Å². The molecule has 3 nitrogen and oxygen atoms in total. The maximum Gasteiger partial charge on any atom is 0.123 e. The van der Waals surface area contributed by atoms with E-state index in [-0.39, 0.29) is 6.04 Å². The van der Waals surface area contributed by atoms with E-state index in [0.29, 0.717) is 6.04 Å².